The molecule has 5 heteroatoms. The highest BCUT2D eigenvalue weighted by Gasteiger charge is 2.02. The van der Waals surface area contributed by atoms with E-state index in [1.54, 1.807) is 36.4 Å². The summed E-state index contributed by atoms with van der Waals surface area (Å²) in [6.07, 6.45) is 0. The van der Waals surface area contributed by atoms with Crippen molar-refractivity contribution in [2.75, 3.05) is 10.6 Å². The van der Waals surface area contributed by atoms with Gasteiger partial charge in [0, 0.05) is 11.4 Å². The van der Waals surface area contributed by atoms with Gasteiger partial charge in [-0.25, -0.2) is 4.79 Å². The van der Waals surface area contributed by atoms with Crippen molar-refractivity contribution in [3.05, 3.63) is 54.1 Å². The topological polar surface area (TPSA) is 85.2 Å². The van der Waals surface area contributed by atoms with E-state index in [1.165, 1.54) is 12.1 Å². The molecule has 0 radical (unpaired) electrons. The quantitative estimate of drug-likeness (QED) is 0.719. The van der Waals surface area contributed by atoms with Crippen LogP contribution in [-0.4, -0.2) is 11.1 Å². The van der Waals surface area contributed by atoms with Crippen LogP contribution < -0.4 is 10.6 Å². The van der Waals surface area contributed by atoms with Crippen molar-refractivity contribution in [1.82, 2.24) is 0 Å². The number of benzene rings is 2. The molecule has 3 N–H and O–H groups in total. The molecule has 2 rings (SSSR count). The lowest BCUT2D eigenvalue weighted by Gasteiger charge is -2.07. The summed E-state index contributed by atoms with van der Waals surface area (Å²) in [7, 11) is 0. The van der Waals surface area contributed by atoms with E-state index in [4.69, 9.17) is 10.4 Å². The number of nitrogens with one attached hydrogen (secondary N) is 2. The predicted molar refractivity (Wildman–Crippen MR) is 71.9 cm³/mol. The number of phenols is 1. The molecule has 19 heavy (non-hydrogen) atoms. The van der Waals surface area contributed by atoms with Gasteiger partial charge in [0.15, 0.2) is 0 Å². The van der Waals surface area contributed by atoms with E-state index in [0.29, 0.717) is 16.9 Å². The van der Waals surface area contributed by atoms with Gasteiger partial charge < -0.3 is 15.7 Å². The molecule has 0 saturated carbocycles. The molecule has 0 atom stereocenters. The number of amides is 2. The van der Waals surface area contributed by atoms with E-state index >= 15 is 0 Å². The van der Waals surface area contributed by atoms with Crippen LogP contribution in [0.2, 0.25) is 0 Å². The van der Waals surface area contributed by atoms with E-state index in [2.05, 4.69) is 10.6 Å². The Morgan fingerprint density at radius 3 is 1.89 bits per heavy atom. The second kappa shape index (κ2) is 5.56. The SMILES string of the molecule is N#Cc1ccc(NC(=O)Nc2ccc(O)cc2)cc1. The van der Waals surface area contributed by atoms with Gasteiger partial charge in [-0.15, -0.1) is 0 Å². The van der Waals surface area contributed by atoms with Gasteiger partial charge in [-0.1, -0.05) is 0 Å². The lowest BCUT2D eigenvalue weighted by Crippen LogP contribution is -2.19. The maximum atomic E-state index is 11.7. The number of carbonyl (C=O) groups excluding carboxylic acids is 1. The van der Waals surface area contributed by atoms with Crippen LogP contribution in [0.5, 0.6) is 5.75 Å². The summed E-state index contributed by atoms with van der Waals surface area (Å²) >= 11 is 0. The van der Waals surface area contributed by atoms with Gasteiger partial charge in [0.1, 0.15) is 5.75 Å². The average molecular weight is 253 g/mol. The van der Waals surface area contributed by atoms with E-state index in [0.717, 1.165) is 0 Å². The highest BCUT2D eigenvalue weighted by molar-refractivity contribution is 5.99. The molecular weight excluding hydrogens is 242 g/mol. The second-order valence-corrected chi connectivity index (χ2v) is 3.82. The summed E-state index contributed by atoms with van der Waals surface area (Å²) < 4.78 is 0. The first kappa shape index (κ1) is 12.5. The lowest BCUT2D eigenvalue weighted by atomic mass is 10.2. The molecule has 2 aromatic rings. The smallest absolute Gasteiger partial charge is 0.323 e. The minimum Gasteiger partial charge on any atom is -0.508 e. The van der Waals surface area contributed by atoms with Crippen LogP contribution in [0.3, 0.4) is 0 Å². The molecule has 0 aromatic heterocycles. The Bertz CT molecular complexity index is 613. The minimum atomic E-state index is -0.393. The predicted octanol–water partition coefficient (Wildman–Crippen LogP) is 2.91. The van der Waals surface area contributed by atoms with E-state index in [-0.39, 0.29) is 5.75 Å². The van der Waals surface area contributed by atoms with Crippen molar-refractivity contribution in [2.24, 2.45) is 0 Å². The zero-order chi connectivity index (χ0) is 13.7. The zero-order valence-corrected chi connectivity index (χ0v) is 9.92. The average Bonchev–Trinajstić information content (AvgIpc) is 2.42. The molecule has 94 valence electrons. The third-order valence-electron chi connectivity index (χ3n) is 2.40. The Labute approximate surface area is 110 Å². The number of urea groups is 1. The van der Waals surface area contributed by atoms with Gasteiger partial charge in [-0.05, 0) is 48.5 Å². The Morgan fingerprint density at radius 1 is 0.947 bits per heavy atom. The van der Waals surface area contributed by atoms with Gasteiger partial charge in [0.2, 0.25) is 0 Å². The summed E-state index contributed by atoms with van der Waals surface area (Å²) in [6, 6.07) is 14.3. The van der Waals surface area contributed by atoms with Gasteiger partial charge >= 0.3 is 6.03 Å². The molecule has 0 aliphatic heterocycles. The molecule has 2 aromatic carbocycles. The van der Waals surface area contributed by atoms with Crippen LogP contribution in [-0.2, 0) is 0 Å². The number of hydrogen-bond acceptors (Lipinski definition) is 3. The van der Waals surface area contributed by atoms with Crippen LogP contribution in [0.4, 0.5) is 16.2 Å². The summed E-state index contributed by atoms with van der Waals surface area (Å²) in [6.45, 7) is 0. The molecule has 0 saturated heterocycles. The molecule has 0 heterocycles. The number of anilines is 2. The van der Waals surface area contributed by atoms with Gasteiger partial charge in [-0.3, -0.25) is 0 Å². The summed E-state index contributed by atoms with van der Waals surface area (Å²) in [5, 5.41) is 23.0. The Balaban J connectivity index is 1.97. The molecule has 0 spiro atoms. The standard InChI is InChI=1S/C14H11N3O2/c15-9-10-1-3-11(4-2-10)16-14(19)17-12-5-7-13(18)8-6-12/h1-8,18H,(H2,16,17,19). The normalized spacial score (nSPS) is 9.42. The third-order valence-corrected chi connectivity index (χ3v) is 2.40. The molecule has 0 aliphatic carbocycles. The highest BCUT2D eigenvalue weighted by atomic mass is 16.3. The van der Waals surface area contributed by atoms with E-state index in [9.17, 15) is 4.79 Å². The van der Waals surface area contributed by atoms with Gasteiger partial charge in [-0.2, -0.15) is 5.26 Å². The van der Waals surface area contributed by atoms with Gasteiger partial charge in [0.05, 0.1) is 11.6 Å². The van der Waals surface area contributed by atoms with Gasteiger partial charge in [0.25, 0.3) is 0 Å². The maximum Gasteiger partial charge on any atom is 0.323 e. The highest BCUT2D eigenvalue weighted by Crippen LogP contribution is 2.14. The largest absolute Gasteiger partial charge is 0.508 e. The Hall–Kier alpha value is -3.00. The van der Waals surface area contributed by atoms with Crippen molar-refractivity contribution >= 4 is 17.4 Å². The van der Waals surface area contributed by atoms with Crippen LogP contribution in [0, 0.1) is 11.3 Å². The number of nitriles is 1. The summed E-state index contributed by atoms with van der Waals surface area (Å²) in [5.41, 5.74) is 1.70. The fourth-order valence-corrected chi connectivity index (χ4v) is 1.47. The van der Waals surface area contributed by atoms with Crippen molar-refractivity contribution < 1.29 is 9.90 Å². The second-order valence-electron chi connectivity index (χ2n) is 3.82. The third kappa shape index (κ3) is 3.48. The molecule has 0 bridgehead atoms. The number of nitrogens with zero attached hydrogens (tertiary/aromatic N) is 1. The molecule has 0 aliphatic rings. The molecule has 0 unspecified atom stereocenters. The number of aromatic hydroxyl groups is 1. The van der Waals surface area contributed by atoms with Crippen molar-refractivity contribution in [1.29, 1.82) is 5.26 Å². The van der Waals surface area contributed by atoms with Crippen molar-refractivity contribution in [3.63, 3.8) is 0 Å². The lowest BCUT2D eigenvalue weighted by molar-refractivity contribution is 0.262. The number of rotatable bonds is 2. The van der Waals surface area contributed by atoms with Crippen LogP contribution in [0.25, 0.3) is 0 Å². The fourth-order valence-electron chi connectivity index (χ4n) is 1.47. The first-order chi connectivity index (χ1) is 9.17. The number of phenolic OH excluding ortho intramolecular Hbond substituents is 1. The van der Waals surface area contributed by atoms with Crippen LogP contribution in [0.15, 0.2) is 48.5 Å². The maximum absolute atomic E-state index is 11.7. The number of hydrogen-bond donors (Lipinski definition) is 3. The molecule has 2 amide bonds. The monoisotopic (exact) mass is 253 g/mol. The first-order valence-corrected chi connectivity index (χ1v) is 5.54. The molecule has 5 nitrogen and oxygen atoms in total. The van der Waals surface area contributed by atoms with Crippen molar-refractivity contribution in [3.8, 4) is 11.8 Å². The van der Waals surface area contributed by atoms with Crippen LogP contribution in [0.1, 0.15) is 5.56 Å². The fraction of sp³-hybridized carbons (Fsp3) is 0. The molecular formula is C14H11N3O2. The van der Waals surface area contributed by atoms with Crippen LogP contribution >= 0.6 is 0 Å². The summed E-state index contributed by atoms with van der Waals surface area (Å²) in [4.78, 5) is 11.7. The Morgan fingerprint density at radius 2 is 1.42 bits per heavy atom. The number of carbonyl (C=O) groups is 1. The minimum absolute atomic E-state index is 0.137. The van der Waals surface area contributed by atoms with Crippen molar-refractivity contribution in [2.45, 2.75) is 0 Å². The molecule has 0 fully saturated rings. The Kier molecular flexibility index (Phi) is 3.64. The zero-order valence-electron chi connectivity index (χ0n) is 9.92. The first-order valence-electron chi connectivity index (χ1n) is 5.54. The van der Waals surface area contributed by atoms with E-state index in [1.807, 2.05) is 6.07 Å². The van der Waals surface area contributed by atoms with E-state index < -0.39 is 6.03 Å². The summed E-state index contributed by atoms with van der Waals surface area (Å²) in [5.74, 6) is 0.137.